The number of aromatic hydroxyl groups is 2. The van der Waals surface area contributed by atoms with Gasteiger partial charge in [0.15, 0.2) is 0 Å². The van der Waals surface area contributed by atoms with E-state index in [9.17, 15) is 10.2 Å². The van der Waals surface area contributed by atoms with E-state index in [-0.39, 0.29) is 5.75 Å². The van der Waals surface area contributed by atoms with Crippen molar-refractivity contribution in [3.8, 4) is 22.6 Å². The van der Waals surface area contributed by atoms with Crippen molar-refractivity contribution in [1.29, 1.82) is 0 Å². The molecule has 2 aromatic rings. The van der Waals surface area contributed by atoms with Crippen molar-refractivity contribution in [1.82, 2.24) is 0 Å². The third-order valence-corrected chi connectivity index (χ3v) is 4.47. The predicted octanol–water partition coefficient (Wildman–Crippen LogP) is 5.01. The first-order valence-electron chi connectivity index (χ1n) is 8.26. The Hall–Kier alpha value is -1.96. The van der Waals surface area contributed by atoms with Gasteiger partial charge in [0.2, 0.25) is 0 Å². The van der Waals surface area contributed by atoms with Crippen LogP contribution in [0.5, 0.6) is 11.5 Å². The minimum Gasteiger partial charge on any atom is -0.508 e. The minimum atomic E-state index is 0.282. The lowest BCUT2D eigenvalue weighted by molar-refractivity contribution is 0.460. The monoisotopic (exact) mass is 298 g/mol. The summed E-state index contributed by atoms with van der Waals surface area (Å²) in [5, 5.41) is 20.3. The van der Waals surface area contributed by atoms with Gasteiger partial charge in [-0.1, -0.05) is 39.8 Å². The molecule has 0 amide bonds. The molecule has 0 unspecified atom stereocenters. The third-order valence-electron chi connectivity index (χ3n) is 4.47. The third kappa shape index (κ3) is 2.70. The molecular weight excluding hydrogens is 272 g/mol. The fourth-order valence-electron chi connectivity index (χ4n) is 3.47. The van der Waals surface area contributed by atoms with Crippen molar-refractivity contribution in [2.24, 2.45) is 0 Å². The SMILES string of the molecule is CCc1c(O)c(CC)c(CC)c(-c2ccc(O)cc2)c1CC. The lowest BCUT2D eigenvalue weighted by Gasteiger charge is -2.23. The summed E-state index contributed by atoms with van der Waals surface area (Å²) in [4.78, 5) is 0. The highest BCUT2D eigenvalue weighted by atomic mass is 16.3. The summed E-state index contributed by atoms with van der Waals surface area (Å²) in [6, 6.07) is 7.41. The molecule has 2 nitrogen and oxygen atoms in total. The van der Waals surface area contributed by atoms with Crippen LogP contribution in [0.1, 0.15) is 49.9 Å². The van der Waals surface area contributed by atoms with Crippen molar-refractivity contribution < 1.29 is 10.2 Å². The van der Waals surface area contributed by atoms with E-state index in [0.29, 0.717) is 5.75 Å². The highest BCUT2D eigenvalue weighted by molar-refractivity contribution is 5.77. The van der Waals surface area contributed by atoms with E-state index in [1.165, 1.54) is 16.7 Å². The van der Waals surface area contributed by atoms with Crippen LogP contribution in [-0.2, 0) is 25.7 Å². The lowest BCUT2D eigenvalue weighted by atomic mass is 9.83. The van der Waals surface area contributed by atoms with Crippen LogP contribution in [0.4, 0.5) is 0 Å². The van der Waals surface area contributed by atoms with E-state index in [4.69, 9.17) is 0 Å². The number of hydrogen-bond acceptors (Lipinski definition) is 2. The number of benzene rings is 2. The van der Waals surface area contributed by atoms with E-state index in [2.05, 4.69) is 27.7 Å². The second kappa shape index (κ2) is 6.87. The smallest absolute Gasteiger partial charge is 0.122 e. The molecule has 0 aliphatic rings. The first kappa shape index (κ1) is 16.4. The Labute approximate surface area is 133 Å². The molecule has 0 atom stereocenters. The molecule has 2 N–H and O–H groups in total. The Morgan fingerprint density at radius 2 is 1.05 bits per heavy atom. The summed E-state index contributed by atoms with van der Waals surface area (Å²) in [5.74, 6) is 0.770. The quantitative estimate of drug-likeness (QED) is 0.814. The van der Waals surface area contributed by atoms with Gasteiger partial charge in [0.05, 0.1) is 0 Å². The van der Waals surface area contributed by atoms with E-state index < -0.39 is 0 Å². The zero-order valence-corrected chi connectivity index (χ0v) is 14.0. The topological polar surface area (TPSA) is 40.5 Å². The largest absolute Gasteiger partial charge is 0.508 e. The van der Waals surface area contributed by atoms with Crippen LogP contribution in [0.3, 0.4) is 0 Å². The molecular formula is C20H26O2. The Bertz CT molecular complexity index is 621. The lowest BCUT2D eigenvalue weighted by Crippen LogP contribution is -2.05. The summed E-state index contributed by atoms with van der Waals surface area (Å²) >= 11 is 0. The number of phenols is 2. The fourth-order valence-corrected chi connectivity index (χ4v) is 3.47. The van der Waals surface area contributed by atoms with E-state index in [1.54, 1.807) is 12.1 Å². The molecule has 0 fully saturated rings. The molecule has 0 aromatic heterocycles. The van der Waals surface area contributed by atoms with Crippen molar-refractivity contribution in [2.75, 3.05) is 0 Å². The predicted molar refractivity (Wildman–Crippen MR) is 92.7 cm³/mol. The number of rotatable bonds is 5. The van der Waals surface area contributed by atoms with Gasteiger partial charge in [-0.15, -0.1) is 0 Å². The summed E-state index contributed by atoms with van der Waals surface area (Å²) in [6.07, 6.45) is 3.45. The molecule has 2 aromatic carbocycles. The van der Waals surface area contributed by atoms with Crippen molar-refractivity contribution in [3.05, 3.63) is 46.5 Å². The van der Waals surface area contributed by atoms with Crippen LogP contribution in [0.25, 0.3) is 11.1 Å². The van der Waals surface area contributed by atoms with Gasteiger partial charge in [0.25, 0.3) is 0 Å². The Balaban J connectivity index is 2.87. The molecule has 0 saturated heterocycles. The van der Waals surface area contributed by atoms with Crippen molar-refractivity contribution >= 4 is 0 Å². The molecule has 0 heterocycles. The highest BCUT2D eigenvalue weighted by Gasteiger charge is 2.21. The van der Waals surface area contributed by atoms with Crippen LogP contribution < -0.4 is 0 Å². The molecule has 2 heteroatoms. The highest BCUT2D eigenvalue weighted by Crippen LogP contribution is 2.40. The Morgan fingerprint density at radius 3 is 1.41 bits per heavy atom. The molecule has 22 heavy (non-hydrogen) atoms. The fraction of sp³-hybridized carbons (Fsp3) is 0.400. The van der Waals surface area contributed by atoms with Crippen molar-refractivity contribution in [2.45, 2.75) is 53.4 Å². The molecule has 0 saturated carbocycles. The van der Waals surface area contributed by atoms with E-state index >= 15 is 0 Å². The van der Waals surface area contributed by atoms with Crippen LogP contribution in [-0.4, -0.2) is 10.2 Å². The summed E-state index contributed by atoms with van der Waals surface area (Å²) in [5.41, 5.74) is 6.98. The Kier molecular flexibility index (Phi) is 5.12. The number of hydrogen-bond donors (Lipinski definition) is 2. The van der Waals surface area contributed by atoms with Gasteiger partial charge in [-0.25, -0.2) is 0 Å². The van der Waals surface area contributed by atoms with Crippen molar-refractivity contribution in [3.63, 3.8) is 0 Å². The first-order valence-corrected chi connectivity index (χ1v) is 8.26. The molecule has 0 spiro atoms. The van der Waals surface area contributed by atoms with E-state index in [1.807, 2.05) is 12.1 Å². The van der Waals surface area contributed by atoms with Crippen LogP contribution in [0.2, 0.25) is 0 Å². The molecule has 0 aliphatic heterocycles. The second-order valence-corrected chi connectivity index (χ2v) is 5.60. The zero-order valence-electron chi connectivity index (χ0n) is 14.0. The molecule has 0 aliphatic carbocycles. The van der Waals surface area contributed by atoms with Gasteiger partial charge in [-0.3, -0.25) is 0 Å². The normalized spacial score (nSPS) is 10.9. The maximum atomic E-state index is 10.7. The van der Waals surface area contributed by atoms with Gasteiger partial charge in [-0.05, 0) is 71.2 Å². The maximum Gasteiger partial charge on any atom is 0.122 e. The summed E-state index contributed by atoms with van der Waals surface area (Å²) < 4.78 is 0. The summed E-state index contributed by atoms with van der Waals surface area (Å²) in [6.45, 7) is 8.48. The average Bonchev–Trinajstić information content (AvgIpc) is 2.54. The average molecular weight is 298 g/mol. The van der Waals surface area contributed by atoms with Crippen LogP contribution in [0.15, 0.2) is 24.3 Å². The minimum absolute atomic E-state index is 0.282. The van der Waals surface area contributed by atoms with Gasteiger partial charge in [-0.2, -0.15) is 0 Å². The summed E-state index contributed by atoms with van der Waals surface area (Å²) in [7, 11) is 0. The standard InChI is InChI=1S/C20H26O2/c1-5-15-17(7-3)20(22)18(8-4)16(6-2)19(15)13-9-11-14(21)12-10-13/h9-12,21-22H,5-8H2,1-4H3. The molecule has 2 rings (SSSR count). The molecule has 0 radical (unpaired) electrons. The van der Waals surface area contributed by atoms with Crippen LogP contribution in [0, 0.1) is 0 Å². The van der Waals surface area contributed by atoms with Gasteiger partial charge < -0.3 is 10.2 Å². The Morgan fingerprint density at radius 1 is 0.636 bits per heavy atom. The van der Waals surface area contributed by atoms with Gasteiger partial charge >= 0.3 is 0 Å². The molecule has 0 bridgehead atoms. The van der Waals surface area contributed by atoms with Crippen LogP contribution >= 0.6 is 0 Å². The molecule has 118 valence electrons. The maximum absolute atomic E-state index is 10.7. The van der Waals surface area contributed by atoms with E-state index in [0.717, 1.165) is 42.4 Å². The van der Waals surface area contributed by atoms with Gasteiger partial charge in [0, 0.05) is 0 Å². The second-order valence-electron chi connectivity index (χ2n) is 5.60. The number of phenolic OH excluding ortho intramolecular Hbond substituents is 2. The van der Waals surface area contributed by atoms with Gasteiger partial charge in [0.1, 0.15) is 11.5 Å². The zero-order chi connectivity index (χ0) is 16.3. The first-order chi connectivity index (χ1) is 10.6.